The molecule has 0 saturated carbocycles. The van der Waals surface area contributed by atoms with Gasteiger partial charge in [0, 0.05) is 0 Å². The molecule has 2 atom stereocenters. The molecular formula is C7H11O4P. The van der Waals surface area contributed by atoms with E-state index in [1.165, 1.54) is 6.26 Å². The van der Waals surface area contributed by atoms with E-state index in [1.54, 1.807) is 12.2 Å². The molecule has 68 valence electrons. The molecule has 0 aromatic rings. The topological polar surface area (TPSA) is 47.9 Å². The van der Waals surface area contributed by atoms with Gasteiger partial charge in [-0.1, -0.05) is 6.08 Å². The molecule has 0 aromatic carbocycles. The Morgan fingerprint density at radius 1 is 1.75 bits per heavy atom. The molecule has 0 spiro atoms. The lowest BCUT2D eigenvalue weighted by Crippen LogP contribution is -2.17. The Labute approximate surface area is 72.4 Å². The van der Waals surface area contributed by atoms with Crippen LogP contribution in [0.15, 0.2) is 25.0 Å². The Morgan fingerprint density at radius 2 is 2.58 bits per heavy atom. The molecule has 2 unspecified atom stereocenters. The Balaban J connectivity index is 2.18. The van der Waals surface area contributed by atoms with Crippen LogP contribution >= 0.6 is 8.60 Å². The second kappa shape index (κ2) is 5.27. The van der Waals surface area contributed by atoms with Crippen molar-refractivity contribution in [1.82, 2.24) is 0 Å². The van der Waals surface area contributed by atoms with E-state index in [0.29, 0.717) is 13.2 Å². The molecule has 0 saturated heterocycles. The highest BCUT2D eigenvalue weighted by atomic mass is 31.2. The third-order valence-corrected chi connectivity index (χ3v) is 1.94. The summed E-state index contributed by atoms with van der Waals surface area (Å²) in [5, 5.41) is 0. The smallest absolute Gasteiger partial charge is 0.394 e. The van der Waals surface area contributed by atoms with Crippen LogP contribution < -0.4 is 0 Å². The van der Waals surface area contributed by atoms with Crippen LogP contribution in [0.4, 0.5) is 0 Å². The van der Waals surface area contributed by atoms with Gasteiger partial charge in [-0.15, -0.1) is 6.58 Å². The zero-order valence-electron chi connectivity index (χ0n) is 6.55. The monoisotopic (exact) mass is 190 g/mol. The van der Waals surface area contributed by atoms with Crippen molar-refractivity contribution >= 4 is 8.60 Å². The molecule has 1 aliphatic rings. The van der Waals surface area contributed by atoms with Crippen LogP contribution in [0, 0.1) is 0 Å². The maximum absolute atomic E-state index is 8.93. The fourth-order valence-corrected chi connectivity index (χ4v) is 1.29. The molecule has 0 aliphatic carbocycles. The van der Waals surface area contributed by atoms with Gasteiger partial charge in [0.1, 0.15) is 6.10 Å². The highest BCUT2D eigenvalue weighted by molar-refractivity contribution is 7.40. The Kier molecular flexibility index (Phi) is 4.25. The van der Waals surface area contributed by atoms with Crippen LogP contribution in [0.1, 0.15) is 0 Å². The van der Waals surface area contributed by atoms with Gasteiger partial charge in [0.15, 0.2) is 0 Å². The van der Waals surface area contributed by atoms with Gasteiger partial charge in [0.05, 0.1) is 19.5 Å². The average Bonchev–Trinajstić information content (AvgIpc) is 2.05. The first-order valence-electron chi connectivity index (χ1n) is 3.51. The maximum Gasteiger partial charge on any atom is 0.394 e. The third kappa shape index (κ3) is 3.32. The van der Waals surface area contributed by atoms with E-state index in [-0.39, 0.29) is 6.10 Å². The highest BCUT2D eigenvalue weighted by Gasteiger charge is 2.18. The lowest BCUT2D eigenvalue weighted by molar-refractivity contribution is 0.0710. The Bertz CT molecular complexity index is 171. The van der Waals surface area contributed by atoms with Crippen molar-refractivity contribution in [1.29, 1.82) is 0 Å². The van der Waals surface area contributed by atoms with Crippen molar-refractivity contribution in [2.75, 3.05) is 13.2 Å². The summed E-state index contributed by atoms with van der Waals surface area (Å²) in [6.07, 6.45) is 4.56. The Hall–Kier alpha value is -0.410. The number of ether oxygens (including phenoxy) is 1. The van der Waals surface area contributed by atoms with Gasteiger partial charge in [0.25, 0.3) is 0 Å². The molecule has 0 amide bonds. The van der Waals surface area contributed by atoms with E-state index < -0.39 is 8.60 Å². The molecule has 1 N–H and O–H groups in total. The fourth-order valence-electron chi connectivity index (χ4n) is 0.704. The number of hydrogen-bond donors (Lipinski definition) is 1. The first-order valence-corrected chi connectivity index (χ1v) is 4.64. The van der Waals surface area contributed by atoms with Crippen LogP contribution in [0.2, 0.25) is 0 Å². The second-order valence-electron chi connectivity index (χ2n) is 2.14. The quantitative estimate of drug-likeness (QED) is 0.413. The zero-order valence-corrected chi connectivity index (χ0v) is 7.44. The molecule has 12 heavy (non-hydrogen) atoms. The standard InChI is InChI=1S/C7H11O4P/c1-2-4-9-6-7-3-5-10-12(8)11-7/h2-3,5,7-8H,1,4,6H2. The van der Waals surface area contributed by atoms with Crippen molar-refractivity contribution in [3.8, 4) is 0 Å². The highest BCUT2D eigenvalue weighted by Crippen LogP contribution is 2.38. The van der Waals surface area contributed by atoms with Gasteiger partial charge in [-0.2, -0.15) is 0 Å². The second-order valence-corrected chi connectivity index (χ2v) is 3.04. The largest absolute Gasteiger partial charge is 0.435 e. The van der Waals surface area contributed by atoms with Gasteiger partial charge in [-0.25, -0.2) is 0 Å². The molecule has 1 heterocycles. The molecule has 0 bridgehead atoms. The minimum Gasteiger partial charge on any atom is -0.435 e. The van der Waals surface area contributed by atoms with Crippen molar-refractivity contribution in [3.05, 3.63) is 25.0 Å². The summed E-state index contributed by atoms with van der Waals surface area (Å²) >= 11 is 0. The van der Waals surface area contributed by atoms with Gasteiger partial charge >= 0.3 is 8.60 Å². The SMILES string of the molecule is C=CCOCC1C=COP(O)O1. The normalized spacial score (nSPS) is 28.1. The molecule has 4 nitrogen and oxygen atoms in total. The molecule has 0 radical (unpaired) electrons. The van der Waals surface area contributed by atoms with Crippen molar-refractivity contribution in [2.45, 2.75) is 6.10 Å². The van der Waals surface area contributed by atoms with Gasteiger partial charge in [-0.3, -0.25) is 4.52 Å². The summed E-state index contributed by atoms with van der Waals surface area (Å²) in [4.78, 5) is 8.93. The van der Waals surface area contributed by atoms with Crippen LogP contribution in [0.25, 0.3) is 0 Å². The first kappa shape index (κ1) is 9.68. The van der Waals surface area contributed by atoms with Crippen molar-refractivity contribution in [3.63, 3.8) is 0 Å². The zero-order chi connectivity index (χ0) is 8.81. The summed E-state index contributed by atoms with van der Waals surface area (Å²) in [7, 11) is -1.74. The first-order chi connectivity index (χ1) is 5.83. The van der Waals surface area contributed by atoms with Crippen LogP contribution in [-0.4, -0.2) is 24.2 Å². The molecule has 0 aromatic heterocycles. The van der Waals surface area contributed by atoms with E-state index in [4.69, 9.17) is 14.2 Å². The summed E-state index contributed by atoms with van der Waals surface area (Å²) in [6, 6.07) is 0. The predicted octanol–water partition coefficient (Wildman–Crippen LogP) is 1.34. The predicted molar refractivity (Wildman–Crippen MR) is 45.3 cm³/mol. The number of rotatable bonds is 4. The Morgan fingerprint density at radius 3 is 3.25 bits per heavy atom. The van der Waals surface area contributed by atoms with Gasteiger partial charge in [0.2, 0.25) is 0 Å². The van der Waals surface area contributed by atoms with E-state index in [0.717, 1.165) is 0 Å². The van der Waals surface area contributed by atoms with E-state index in [2.05, 4.69) is 11.1 Å². The van der Waals surface area contributed by atoms with Crippen LogP contribution in [0.5, 0.6) is 0 Å². The lowest BCUT2D eigenvalue weighted by Gasteiger charge is -2.19. The summed E-state index contributed by atoms with van der Waals surface area (Å²) in [6.45, 7) is 4.40. The third-order valence-electron chi connectivity index (χ3n) is 1.19. The lowest BCUT2D eigenvalue weighted by atomic mass is 10.4. The molecule has 5 heteroatoms. The summed E-state index contributed by atoms with van der Waals surface area (Å²) in [5.74, 6) is 0. The molecular weight excluding hydrogens is 179 g/mol. The molecule has 1 rings (SSSR count). The maximum atomic E-state index is 8.93. The van der Waals surface area contributed by atoms with Crippen molar-refractivity contribution in [2.24, 2.45) is 0 Å². The summed E-state index contributed by atoms with van der Waals surface area (Å²) < 4.78 is 14.8. The van der Waals surface area contributed by atoms with E-state index in [1.807, 2.05) is 0 Å². The van der Waals surface area contributed by atoms with Crippen molar-refractivity contribution < 1.29 is 18.7 Å². The molecule has 0 fully saturated rings. The fraction of sp³-hybridized carbons (Fsp3) is 0.429. The van der Waals surface area contributed by atoms with Crippen LogP contribution in [-0.2, 0) is 13.8 Å². The van der Waals surface area contributed by atoms with Gasteiger partial charge < -0.3 is 14.2 Å². The number of hydrogen-bond acceptors (Lipinski definition) is 4. The summed E-state index contributed by atoms with van der Waals surface area (Å²) in [5.41, 5.74) is 0. The average molecular weight is 190 g/mol. The van der Waals surface area contributed by atoms with E-state index in [9.17, 15) is 0 Å². The minimum atomic E-state index is -1.74. The van der Waals surface area contributed by atoms with Gasteiger partial charge in [-0.05, 0) is 6.08 Å². The van der Waals surface area contributed by atoms with Crippen LogP contribution in [0.3, 0.4) is 0 Å². The van der Waals surface area contributed by atoms with E-state index >= 15 is 0 Å². The minimum absolute atomic E-state index is 0.213. The molecule has 1 aliphatic heterocycles.